The molecular formula is C18H19N5O3S. The molecule has 0 amide bonds. The third-order valence-corrected chi connectivity index (χ3v) is 5.42. The molecule has 0 aliphatic carbocycles. The van der Waals surface area contributed by atoms with E-state index in [2.05, 4.69) is 20.3 Å². The molecular weight excluding hydrogens is 366 g/mol. The normalized spacial score (nSPS) is 14.4. The molecule has 9 heteroatoms. The van der Waals surface area contributed by atoms with Gasteiger partial charge in [0, 0.05) is 30.4 Å². The molecule has 1 aromatic carbocycles. The number of hydrogen-bond donors (Lipinski definition) is 2. The van der Waals surface area contributed by atoms with Crippen LogP contribution in [0.2, 0.25) is 0 Å². The Balaban J connectivity index is 1.67. The van der Waals surface area contributed by atoms with Crippen molar-refractivity contribution in [1.29, 1.82) is 0 Å². The first-order valence-electron chi connectivity index (χ1n) is 8.82. The number of fused-ring (bicyclic) bond motifs is 1. The highest BCUT2D eigenvalue weighted by atomic mass is 32.1. The Morgan fingerprint density at radius 2 is 2.04 bits per heavy atom. The SMILES string of the molecule is O=C(O)CNc1cccc(-c2nn3c(=O)cc(N4CCCCC4)nc3s2)c1. The van der Waals surface area contributed by atoms with Crippen LogP contribution in [0.15, 0.2) is 35.1 Å². The van der Waals surface area contributed by atoms with E-state index in [1.165, 1.54) is 22.3 Å². The summed E-state index contributed by atoms with van der Waals surface area (Å²) in [5, 5.41) is 16.7. The second-order valence-electron chi connectivity index (χ2n) is 6.43. The first-order chi connectivity index (χ1) is 13.1. The van der Waals surface area contributed by atoms with Gasteiger partial charge in [0.25, 0.3) is 5.56 Å². The van der Waals surface area contributed by atoms with E-state index in [-0.39, 0.29) is 12.1 Å². The molecule has 1 saturated heterocycles. The van der Waals surface area contributed by atoms with Gasteiger partial charge in [-0.1, -0.05) is 23.5 Å². The van der Waals surface area contributed by atoms with E-state index in [0.717, 1.165) is 31.5 Å². The Kier molecular flexibility index (Phi) is 4.76. The number of benzene rings is 1. The van der Waals surface area contributed by atoms with Crippen molar-refractivity contribution < 1.29 is 9.90 Å². The summed E-state index contributed by atoms with van der Waals surface area (Å²) in [5.41, 5.74) is 1.30. The van der Waals surface area contributed by atoms with Crippen LogP contribution in [0.4, 0.5) is 11.5 Å². The highest BCUT2D eigenvalue weighted by Crippen LogP contribution is 2.27. The van der Waals surface area contributed by atoms with E-state index < -0.39 is 5.97 Å². The number of carboxylic acid groups (broad SMARTS) is 1. The monoisotopic (exact) mass is 385 g/mol. The van der Waals surface area contributed by atoms with Gasteiger partial charge >= 0.3 is 5.97 Å². The lowest BCUT2D eigenvalue weighted by Gasteiger charge is -2.27. The molecule has 2 aromatic heterocycles. The topological polar surface area (TPSA) is 99.8 Å². The zero-order valence-electron chi connectivity index (χ0n) is 14.6. The summed E-state index contributed by atoms with van der Waals surface area (Å²) in [6.07, 6.45) is 3.45. The van der Waals surface area contributed by atoms with Crippen molar-refractivity contribution in [2.75, 3.05) is 29.9 Å². The number of carboxylic acids is 1. The fourth-order valence-electron chi connectivity index (χ4n) is 3.14. The molecule has 140 valence electrons. The van der Waals surface area contributed by atoms with Crippen LogP contribution in [-0.4, -0.2) is 45.3 Å². The Labute approximate surface area is 159 Å². The standard InChI is InChI=1S/C18H19N5O3S/c24-15-10-14(22-7-2-1-3-8-22)20-18-23(15)21-17(27-18)12-5-4-6-13(9-12)19-11-16(25)26/h4-6,9-10,19H,1-3,7-8,11H2,(H,25,26). The number of nitrogens with zero attached hydrogens (tertiary/aromatic N) is 4. The minimum Gasteiger partial charge on any atom is -0.480 e. The molecule has 1 aliphatic rings. The molecule has 4 rings (SSSR count). The molecule has 1 aliphatic heterocycles. The van der Waals surface area contributed by atoms with Gasteiger partial charge in [-0.25, -0.2) is 4.98 Å². The van der Waals surface area contributed by atoms with Crippen LogP contribution in [-0.2, 0) is 4.79 Å². The number of nitrogens with one attached hydrogen (secondary N) is 1. The Morgan fingerprint density at radius 3 is 2.81 bits per heavy atom. The first-order valence-corrected chi connectivity index (χ1v) is 9.64. The van der Waals surface area contributed by atoms with Gasteiger partial charge in [-0.15, -0.1) is 0 Å². The fourth-order valence-corrected chi connectivity index (χ4v) is 4.04. The van der Waals surface area contributed by atoms with Crippen molar-refractivity contribution in [2.45, 2.75) is 19.3 Å². The summed E-state index contributed by atoms with van der Waals surface area (Å²) >= 11 is 1.35. The molecule has 0 atom stereocenters. The Hall–Kier alpha value is -2.94. The fraction of sp³-hybridized carbons (Fsp3) is 0.333. The molecule has 0 spiro atoms. The third-order valence-electron chi connectivity index (χ3n) is 4.46. The van der Waals surface area contributed by atoms with Crippen LogP contribution >= 0.6 is 11.3 Å². The zero-order chi connectivity index (χ0) is 18.8. The van der Waals surface area contributed by atoms with Gasteiger partial charge in [-0.05, 0) is 31.4 Å². The van der Waals surface area contributed by atoms with E-state index in [4.69, 9.17) is 5.11 Å². The second kappa shape index (κ2) is 7.36. The quantitative estimate of drug-likeness (QED) is 0.695. The number of rotatable bonds is 5. The van der Waals surface area contributed by atoms with Crippen LogP contribution in [0.3, 0.4) is 0 Å². The first kappa shape index (κ1) is 17.5. The smallest absolute Gasteiger partial charge is 0.322 e. The average Bonchev–Trinajstić information content (AvgIpc) is 3.12. The minimum atomic E-state index is -0.929. The lowest BCUT2D eigenvalue weighted by Crippen LogP contribution is -2.31. The third kappa shape index (κ3) is 3.77. The van der Waals surface area contributed by atoms with Gasteiger partial charge in [0.2, 0.25) is 4.96 Å². The maximum Gasteiger partial charge on any atom is 0.322 e. The summed E-state index contributed by atoms with van der Waals surface area (Å²) in [6, 6.07) is 8.85. The number of hydrogen-bond acceptors (Lipinski definition) is 7. The maximum absolute atomic E-state index is 12.5. The average molecular weight is 385 g/mol. The molecule has 8 nitrogen and oxygen atoms in total. The van der Waals surface area contributed by atoms with E-state index in [1.54, 1.807) is 12.1 Å². The van der Waals surface area contributed by atoms with Gasteiger partial charge in [-0.2, -0.15) is 9.61 Å². The number of carbonyl (C=O) groups is 1. The zero-order valence-corrected chi connectivity index (χ0v) is 15.4. The Morgan fingerprint density at radius 1 is 1.22 bits per heavy atom. The lowest BCUT2D eigenvalue weighted by molar-refractivity contribution is -0.134. The van der Waals surface area contributed by atoms with Crippen LogP contribution < -0.4 is 15.8 Å². The van der Waals surface area contributed by atoms with Crippen LogP contribution in [0.25, 0.3) is 15.5 Å². The van der Waals surface area contributed by atoms with E-state index >= 15 is 0 Å². The summed E-state index contributed by atoms with van der Waals surface area (Å²) < 4.78 is 1.32. The number of anilines is 2. The predicted octanol–water partition coefficient (Wildman–Crippen LogP) is 2.30. The Bertz CT molecular complexity index is 1040. The molecule has 3 heterocycles. The van der Waals surface area contributed by atoms with Crippen molar-refractivity contribution in [3.63, 3.8) is 0 Å². The van der Waals surface area contributed by atoms with Gasteiger partial charge in [-0.3, -0.25) is 9.59 Å². The molecule has 3 aromatic rings. The number of aromatic nitrogens is 3. The van der Waals surface area contributed by atoms with Crippen molar-refractivity contribution in [1.82, 2.24) is 14.6 Å². The minimum absolute atomic E-state index is 0.163. The van der Waals surface area contributed by atoms with E-state index in [1.807, 2.05) is 18.2 Å². The largest absolute Gasteiger partial charge is 0.480 e. The van der Waals surface area contributed by atoms with Crippen molar-refractivity contribution >= 4 is 33.8 Å². The lowest BCUT2D eigenvalue weighted by atomic mass is 10.1. The van der Waals surface area contributed by atoms with Gasteiger partial charge in [0.05, 0.1) is 0 Å². The summed E-state index contributed by atoms with van der Waals surface area (Å²) in [7, 11) is 0. The highest BCUT2D eigenvalue weighted by molar-refractivity contribution is 7.19. The van der Waals surface area contributed by atoms with Crippen LogP contribution in [0.5, 0.6) is 0 Å². The van der Waals surface area contributed by atoms with Gasteiger partial charge < -0.3 is 15.3 Å². The maximum atomic E-state index is 12.5. The second-order valence-corrected chi connectivity index (χ2v) is 7.39. The predicted molar refractivity (Wildman–Crippen MR) is 105 cm³/mol. The highest BCUT2D eigenvalue weighted by Gasteiger charge is 2.16. The van der Waals surface area contributed by atoms with Crippen molar-refractivity contribution in [3.05, 3.63) is 40.7 Å². The molecule has 27 heavy (non-hydrogen) atoms. The summed E-state index contributed by atoms with van der Waals surface area (Å²) in [5.74, 6) is -0.215. The summed E-state index contributed by atoms with van der Waals surface area (Å²) in [6.45, 7) is 1.68. The molecule has 1 fully saturated rings. The van der Waals surface area contributed by atoms with E-state index in [0.29, 0.717) is 21.5 Å². The van der Waals surface area contributed by atoms with Crippen LogP contribution in [0.1, 0.15) is 19.3 Å². The molecule has 0 unspecified atom stereocenters. The molecule has 0 saturated carbocycles. The molecule has 0 radical (unpaired) electrons. The van der Waals surface area contributed by atoms with Crippen molar-refractivity contribution in [2.24, 2.45) is 0 Å². The van der Waals surface area contributed by atoms with Crippen molar-refractivity contribution in [3.8, 4) is 10.6 Å². The van der Waals surface area contributed by atoms with Gasteiger partial charge in [0.1, 0.15) is 17.4 Å². The van der Waals surface area contributed by atoms with Gasteiger partial charge in [0.15, 0.2) is 0 Å². The number of aliphatic carboxylic acids is 1. The molecule has 0 bridgehead atoms. The summed E-state index contributed by atoms with van der Waals surface area (Å²) in [4.78, 5) is 30.6. The van der Waals surface area contributed by atoms with E-state index in [9.17, 15) is 9.59 Å². The number of piperidine rings is 1. The molecule has 2 N–H and O–H groups in total. The van der Waals surface area contributed by atoms with Crippen LogP contribution in [0, 0.1) is 0 Å².